The van der Waals surface area contributed by atoms with Crippen molar-refractivity contribution in [3.05, 3.63) is 0 Å². The Bertz CT molecular complexity index is 314. The first-order valence-corrected chi connectivity index (χ1v) is 7.25. The molecule has 116 valence electrons. The lowest BCUT2D eigenvalue weighted by Gasteiger charge is -2.34. The summed E-state index contributed by atoms with van der Waals surface area (Å²) in [4.78, 5) is 26.3. The van der Waals surface area contributed by atoms with Gasteiger partial charge in [0.25, 0.3) is 0 Å². The number of ether oxygens (including phenoxy) is 1. The maximum Gasteiger partial charge on any atom is 0.319 e. The molecule has 6 nitrogen and oxygen atoms in total. The standard InChI is InChI=1S/C14H26N2O4/c1-15(8-3-11-20-2)14(19)16-9-6-12(7-10-16)4-5-13(17)18/h12H,3-11H2,1-2H3,(H,17,18). The summed E-state index contributed by atoms with van der Waals surface area (Å²) < 4.78 is 4.98. The molecule has 0 saturated carbocycles. The van der Waals surface area contributed by atoms with E-state index in [0.717, 1.165) is 38.8 Å². The van der Waals surface area contributed by atoms with E-state index < -0.39 is 5.97 Å². The number of piperidine rings is 1. The van der Waals surface area contributed by atoms with Crippen LogP contribution >= 0.6 is 0 Å². The molecule has 0 aliphatic carbocycles. The second kappa shape index (κ2) is 8.79. The Morgan fingerprint density at radius 3 is 2.55 bits per heavy atom. The number of nitrogens with zero attached hydrogens (tertiary/aromatic N) is 2. The summed E-state index contributed by atoms with van der Waals surface area (Å²) >= 11 is 0. The molecule has 1 fully saturated rings. The first-order chi connectivity index (χ1) is 9.54. The summed E-state index contributed by atoms with van der Waals surface area (Å²) in [6, 6.07) is 0.0674. The lowest BCUT2D eigenvalue weighted by atomic mass is 9.92. The molecule has 1 aliphatic rings. The fraction of sp³-hybridized carbons (Fsp3) is 0.857. The van der Waals surface area contributed by atoms with E-state index in [1.807, 2.05) is 11.9 Å². The molecule has 1 aliphatic heterocycles. The maximum absolute atomic E-state index is 12.2. The van der Waals surface area contributed by atoms with Gasteiger partial charge in [0.05, 0.1) is 0 Å². The van der Waals surface area contributed by atoms with E-state index >= 15 is 0 Å². The van der Waals surface area contributed by atoms with E-state index in [9.17, 15) is 9.59 Å². The van der Waals surface area contributed by atoms with Crippen LogP contribution in [0.15, 0.2) is 0 Å². The molecule has 0 aromatic carbocycles. The summed E-state index contributed by atoms with van der Waals surface area (Å²) in [5.74, 6) is -0.296. The molecule has 0 spiro atoms. The van der Waals surface area contributed by atoms with Crippen molar-refractivity contribution in [2.75, 3.05) is 40.4 Å². The third-order valence-corrected chi connectivity index (χ3v) is 3.82. The quantitative estimate of drug-likeness (QED) is 0.722. The highest BCUT2D eigenvalue weighted by atomic mass is 16.5. The SMILES string of the molecule is COCCCN(C)C(=O)N1CCC(CCC(=O)O)CC1. The van der Waals surface area contributed by atoms with E-state index in [2.05, 4.69) is 0 Å². The van der Waals surface area contributed by atoms with Crippen LogP contribution in [0.5, 0.6) is 0 Å². The van der Waals surface area contributed by atoms with Crippen molar-refractivity contribution in [3.8, 4) is 0 Å². The topological polar surface area (TPSA) is 70.1 Å². The number of hydrogen-bond donors (Lipinski definition) is 1. The highest BCUT2D eigenvalue weighted by molar-refractivity contribution is 5.74. The number of hydrogen-bond acceptors (Lipinski definition) is 3. The Kier molecular flexibility index (Phi) is 7.36. The monoisotopic (exact) mass is 286 g/mol. The molecule has 6 heteroatoms. The third kappa shape index (κ3) is 5.77. The fourth-order valence-electron chi connectivity index (χ4n) is 2.52. The molecule has 1 N–H and O–H groups in total. The minimum atomic E-state index is -0.735. The molecule has 0 radical (unpaired) electrons. The number of rotatable bonds is 7. The van der Waals surface area contributed by atoms with Crippen molar-refractivity contribution >= 4 is 12.0 Å². The lowest BCUT2D eigenvalue weighted by molar-refractivity contribution is -0.137. The van der Waals surface area contributed by atoms with E-state index in [4.69, 9.17) is 9.84 Å². The average Bonchev–Trinajstić information content (AvgIpc) is 2.45. The van der Waals surface area contributed by atoms with Crippen molar-refractivity contribution < 1.29 is 19.4 Å². The number of carbonyl (C=O) groups is 2. The zero-order chi connectivity index (χ0) is 15.0. The van der Waals surface area contributed by atoms with Crippen LogP contribution in [-0.2, 0) is 9.53 Å². The molecule has 2 amide bonds. The zero-order valence-corrected chi connectivity index (χ0v) is 12.5. The predicted molar refractivity (Wildman–Crippen MR) is 75.7 cm³/mol. The van der Waals surface area contributed by atoms with Gasteiger partial charge in [0, 0.05) is 46.8 Å². The van der Waals surface area contributed by atoms with Crippen molar-refractivity contribution in [2.24, 2.45) is 5.92 Å². The largest absolute Gasteiger partial charge is 0.481 e. The van der Waals surface area contributed by atoms with Gasteiger partial charge in [-0.2, -0.15) is 0 Å². The molecular weight excluding hydrogens is 260 g/mol. The minimum Gasteiger partial charge on any atom is -0.481 e. The van der Waals surface area contributed by atoms with Crippen LogP contribution in [-0.4, -0.2) is 67.3 Å². The molecule has 1 heterocycles. The van der Waals surface area contributed by atoms with Gasteiger partial charge in [-0.1, -0.05) is 0 Å². The first-order valence-electron chi connectivity index (χ1n) is 7.25. The number of aliphatic carboxylic acids is 1. The maximum atomic E-state index is 12.2. The van der Waals surface area contributed by atoms with Crippen molar-refractivity contribution in [3.63, 3.8) is 0 Å². The van der Waals surface area contributed by atoms with Gasteiger partial charge in [-0.15, -0.1) is 0 Å². The van der Waals surface area contributed by atoms with Crippen LogP contribution in [0.3, 0.4) is 0 Å². The second-order valence-corrected chi connectivity index (χ2v) is 5.41. The Hall–Kier alpha value is -1.30. The molecule has 20 heavy (non-hydrogen) atoms. The molecule has 1 saturated heterocycles. The molecule has 0 aromatic rings. The Labute approximate surface area is 120 Å². The summed E-state index contributed by atoms with van der Waals surface area (Å²) in [6.45, 7) is 2.83. The van der Waals surface area contributed by atoms with Crippen LogP contribution in [0.25, 0.3) is 0 Å². The number of methoxy groups -OCH3 is 1. The zero-order valence-electron chi connectivity index (χ0n) is 12.5. The van der Waals surface area contributed by atoms with Crippen molar-refractivity contribution in [1.82, 2.24) is 9.80 Å². The number of amides is 2. The Balaban J connectivity index is 2.26. The van der Waals surface area contributed by atoms with Gasteiger partial charge >= 0.3 is 12.0 Å². The second-order valence-electron chi connectivity index (χ2n) is 5.41. The first kappa shape index (κ1) is 16.8. The molecule has 0 bridgehead atoms. The van der Waals surface area contributed by atoms with E-state index in [1.165, 1.54) is 0 Å². The molecular formula is C14H26N2O4. The Morgan fingerprint density at radius 2 is 2.00 bits per heavy atom. The predicted octanol–water partition coefficient (Wildman–Crippen LogP) is 1.65. The minimum absolute atomic E-state index is 0.0674. The van der Waals surface area contributed by atoms with E-state index in [-0.39, 0.29) is 12.5 Å². The van der Waals surface area contributed by atoms with E-state index in [1.54, 1.807) is 12.0 Å². The van der Waals surface area contributed by atoms with Gasteiger partial charge in [0.15, 0.2) is 0 Å². The van der Waals surface area contributed by atoms with Gasteiger partial charge in [-0.3, -0.25) is 4.79 Å². The van der Waals surface area contributed by atoms with Crippen LogP contribution in [0.4, 0.5) is 4.79 Å². The van der Waals surface area contributed by atoms with Crippen LogP contribution in [0.1, 0.15) is 32.1 Å². The fourth-order valence-corrected chi connectivity index (χ4v) is 2.52. The third-order valence-electron chi connectivity index (χ3n) is 3.82. The van der Waals surface area contributed by atoms with Crippen LogP contribution in [0.2, 0.25) is 0 Å². The van der Waals surface area contributed by atoms with Crippen LogP contribution in [0, 0.1) is 5.92 Å². The van der Waals surface area contributed by atoms with E-state index in [0.29, 0.717) is 19.1 Å². The summed E-state index contributed by atoms with van der Waals surface area (Å²) in [6.07, 6.45) is 3.61. The average molecular weight is 286 g/mol. The van der Waals surface area contributed by atoms with Gasteiger partial charge in [-0.25, -0.2) is 4.79 Å². The molecule has 1 rings (SSSR count). The highest BCUT2D eigenvalue weighted by Crippen LogP contribution is 2.22. The van der Waals surface area contributed by atoms with Gasteiger partial charge < -0.3 is 19.6 Å². The summed E-state index contributed by atoms with van der Waals surface area (Å²) in [7, 11) is 3.47. The lowest BCUT2D eigenvalue weighted by Crippen LogP contribution is -2.45. The number of carbonyl (C=O) groups excluding carboxylic acids is 1. The number of carboxylic acids is 1. The van der Waals surface area contributed by atoms with Gasteiger partial charge in [-0.05, 0) is 31.6 Å². The summed E-state index contributed by atoms with van der Waals surface area (Å²) in [5.41, 5.74) is 0. The molecule has 0 atom stereocenters. The molecule has 0 unspecified atom stereocenters. The Morgan fingerprint density at radius 1 is 1.35 bits per heavy atom. The van der Waals surface area contributed by atoms with Gasteiger partial charge in [0.1, 0.15) is 0 Å². The number of carboxylic acid groups (broad SMARTS) is 1. The van der Waals surface area contributed by atoms with Crippen molar-refractivity contribution in [2.45, 2.75) is 32.1 Å². The van der Waals surface area contributed by atoms with Gasteiger partial charge in [0.2, 0.25) is 0 Å². The number of likely N-dealkylation sites (tertiary alicyclic amines) is 1. The van der Waals surface area contributed by atoms with Crippen molar-refractivity contribution in [1.29, 1.82) is 0 Å². The van der Waals surface area contributed by atoms with Crippen LogP contribution < -0.4 is 0 Å². The molecule has 0 aromatic heterocycles. The normalized spacial score (nSPS) is 16.2. The highest BCUT2D eigenvalue weighted by Gasteiger charge is 2.24. The number of urea groups is 1. The smallest absolute Gasteiger partial charge is 0.319 e. The summed E-state index contributed by atoms with van der Waals surface area (Å²) in [5, 5.41) is 8.68.